The van der Waals surface area contributed by atoms with E-state index in [4.69, 9.17) is 0 Å². The number of hydrogen-bond acceptors (Lipinski definition) is 2. The SMILES string of the molecule is Cc1ccc(C)c(N2CCCNCCC2)c1. The molecule has 1 fully saturated rings. The van der Waals surface area contributed by atoms with E-state index in [0.29, 0.717) is 0 Å². The second kappa shape index (κ2) is 5.35. The van der Waals surface area contributed by atoms with E-state index in [1.165, 1.54) is 42.7 Å². The quantitative estimate of drug-likeness (QED) is 0.779. The molecule has 2 heteroatoms. The summed E-state index contributed by atoms with van der Waals surface area (Å²) in [6.07, 6.45) is 2.49. The van der Waals surface area contributed by atoms with Crippen LogP contribution >= 0.6 is 0 Å². The number of anilines is 1. The molecule has 16 heavy (non-hydrogen) atoms. The van der Waals surface area contributed by atoms with Gasteiger partial charge in [0.05, 0.1) is 0 Å². The van der Waals surface area contributed by atoms with E-state index in [0.717, 1.165) is 13.1 Å². The lowest BCUT2D eigenvalue weighted by molar-refractivity contribution is 0.567. The highest BCUT2D eigenvalue weighted by Gasteiger charge is 2.10. The lowest BCUT2D eigenvalue weighted by Crippen LogP contribution is -2.34. The Morgan fingerprint density at radius 1 is 1.06 bits per heavy atom. The second-order valence-corrected chi connectivity index (χ2v) is 4.73. The Balaban J connectivity index is 2.16. The minimum Gasteiger partial charge on any atom is -0.371 e. The van der Waals surface area contributed by atoms with Crippen LogP contribution in [0, 0.1) is 13.8 Å². The number of nitrogens with one attached hydrogen (secondary N) is 1. The first-order chi connectivity index (χ1) is 7.77. The Morgan fingerprint density at radius 3 is 2.44 bits per heavy atom. The number of rotatable bonds is 1. The van der Waals surface area contributed by atoms with Crippen LogP contribution in [-0.2, 0) is 0 Å². The maximum Gasteiger partial charge on any atom is 0.0398 e. The Morgan fingerprint density at radius 2 is 1.75 bits per heavy atom. The molecule has 1 aromatic carbocycles. The van der Waals surface area contributed by atoms with Crippen LogP contribution in [0.3, 0.4) is 0 Å². The van der Waals surface area contributed by atoms with Gasteiger partial charge in [-0.25, -0.2) is 0 Å². The lowest BCUT2D eigenvalue weighted by Gasteiger charge is -2.29. The first-order valence-electron chi connectivity index (χ1n) is 6.30. The molecule has 2 nitrogen and oxygen atoms in total. The van der Waals surface area contributed by atoms with E-state index in [9.17, 15) is 0 Å². The predicted molar refractivity (Wildman–Crippen MR) is 70.2 cm³/mol. The molecule has 1 aromatic rings. The highest BCUT2D eigenvalue weighted by atomic mass is 15.1. The van der Waals surface area contributed by atoms with E-state index >= 15 is 0 Å². The summed E-state index contributed by atoms with van der Waals surface area (Å²) >= 11 is 0. The number of hydrogen-bond donors (Lipinski definition) is 1. The molecule has 0 atom stereocenters. The molecule has 1 N–H and O–H groups in total. The molecule has 1 aliphatic heterocycles. The summed E-state index contributed by atoms with van der Waals surface area (Å²) < 4.78 is 0. The summed E-state index contributed by atoms with van der Waals surface area (Å²) in [4.78, 5) is 2.54. The van der Waals surface area contributed by atoms with Gasteiger partial charge in [-0.3, -0.25) is 0 Å². The minimum absolute atomic E-state index is 1.15. The van der Waals surface area contributed by atoms with Crippen LogP contribution in [0.4, 0.5) is 5.69 Å². The maximum absolute atomic E-state index is 3.46. The standard InChI is InChI=1S/C14H22N2/c1-12-5-6-13(2)14(11-12)16-9-3-7-15-8-4-10-16/h5-6,11,15H,3-4,7-10H2,1-2H3. The van der Waals surface area contributed by atoms with Gasteiger partial charge in [0.25, 0.3) is 0 Å². The van der Waals surface area contributed by atoms with Crippen LogP contribution in [-0.4, -0.2) is 26.2 Å². The number of aryl methyl sites for hydroxylation is 2. The molecular weight excluding hydrogens is 196 g/mol. The molecule has 1 aliphatic rings. The largest absolute Gasteiger partial charge is 0.371 e. The van der Waals surface area contributed by atoms with E-state index in [1.807, 2.05) is 0 Å². The molecule has 1 saturated heterocycles. The van der Waals surface area contributed by atoms with Crippen molar-refractivity contribution < 1.29 is 0 Å². The van der Waals surface area contributed by atoms with Gasteiger partial charge in [0.1, 0.15) is 0 Å². The van der Waals surface area contributed by atoms with Crippen LogP contribution in [0.1, 0.15) is 24.0 Å². The summed E-state index contributed by atoms with van der Waals surface area (Å²) in [7, 11) is 0. The summed E-state index contributed by atoms with van der Waals surface area (Å²) in [5.74, 6) is 0. The average molecular weight is 218 g/mol. The van der Waals surface area contributed by atoms with E-state index < -0.39 is 0 Å². The van der Waals surface area contributed by atoms with Crippen LogP contribution in [0.2, 0.25) is 0 Å². The zero-order valence-corrected chi connectivity index (χ0v) is 10.4. The molecule has 0 saturated carbocycles. The monoisotopic (exact) mass is 218 g/mol. The van der Waals surface area contributed by atoms with Gasteiger partial charge in [0.15, 0.2) is 0 Å². The van der Waals surface area contributed by atoms with Gasteiger partial charge in [-0.05, 0) is 57.0 Å². The van der Waals surface area contributed by atoms with Crippen molar-refractivity contribution in [1.29, 1.82) is 0 Å². The van der Waals surface area contributed by atoms with Crippen molar-refractivity contribution in [2.45, 2.75) is 26.7 Å². The van der Waals surface area contributed by atoms with Crippen LogP contribution in [0.25, 0.3) is 0 Å². The van der Waals surface area contributed by atoms with Gasteiger partial charge in [-0.15, -0.1) is 0 Å². The zero-order chi connectivity index (χ0) is 11.4. The summed E-state index contributed by atoms with van der Waals surface area (Å²) in [5, 5.41) is 3.46. The molecular formula is C14H22N2. The molecule has 0 spiro atoms. The van der Waals surface area contributed by atoms with Crippen molar-refractivity contribution in [3.8, 4) is 0 Å². The van der Waals surface area contributed by atoms with Crippen molar-refractivity contribution in [3.05, 3.63) is 29.3 Å². The van der Waals surface area contributed by atoms with E-state index in [1.54, 1.807) is 0 Å². The maximum atomic E-state index is 3.46. The molecule has 0 radical (unpaired) electrons. The Hall–Kier alpha value is -1.02. The first kappa shape index (κ1) is 11.5. The first-order valence-corrected chi connectivity index (χ1v) is 6.30. The van der Waals surface area contributed by atoms with E-state index in [2.05, 4.69) is 42.3 Å². The minimum atomic E-state index is 1.15. The van der Waals surface area contributed by atoms with Crippen molar-refractivity contribution >= 4 is 5.69 Å². The second-order valence-electron chi connectivity index (χ2n) is 4.73. The molecule has 0 bridgehead atoms. The fraction of sp³-hybridized carbons (Fsp3) is 0.571. The highest BCUT2D eigenvalue weighted by molar-refractivity contribution is 5.54. The van der Waals surface area contributed by atoms with Gasteiger partial charge in [0.2, 0.25) is 0 Å². The van der Waals surface area contributed by atoms with Gasteiger partial charge in [-0.1, -0.05) is 12.1 Å². The fourth-order valence-corrected chi connectivity index (χ4v) is 2.33. The third-order valence-corrected chi connectivity index (χ3v) is 3.27. The third-order valence-electron chi connectivity index (χ3n) is 3.27. The van der Waals surface area contributed by atoms with Crippen molar-refractivity contribution in [1.82, 2.24) is 5.32 Å². The van der Waals surface area contributed by atoms with Crippen molar-refractivity contribution in [2.75, 3.05) is 31.1 Å². The van der Waals surface area contributed by atoms with Crippen LogP contribution in [0.5, 0.6) is 0 Å². The molecule has 2 rings (SSSR count). The Labute approximate surface area is 98.7 Å². The molecule has 0 aliphatic carbocycles. The lowest BCUT2D eigenvalue weighted by atomic mass is 10.1. The average Bonchev–Trinajstić information content (AvgIpc) is 2.22. The molecule has 0 amide bonds. The topological polar surface area (TPSA) is 15.3 Å². The number of benzene rings is 1. The Kier molecular flexibility index (Phi) is 3.83. The van der Waals surface area contributed by atoms with Gasteiger partial charge >= 0.3 is 0 Å². The zero-order valence-electron chi connectivity index (χ0n) is 10.4. The normalized spacial score (nSPS) is 18.0. The van der Waals surface area contributed by atoms with Gasteiger partial charge in [0, 0.05) is 18.8 Å². The van der Waals surface area contributed by atoms with Crippen LogP contribution in [0.15, 0.2) is 18.2 Å². The number of nitrogens with zero attached hydrogens (tertiary/aromatic N) is 1. The molecule has 1 heterocycles. The summed E-state index contributed by atoms with van der Waals surface area (Å²) in [5.41, 5.74) is 4.20. The van der Waals surface area contributed by atoms with Gasteiger partial charge in [-0.2, -0.15) is 0 Å². The molecule has 0 unspecified atom stereocenters. The Bertz CT molecular complexity index is 339. The summed E-state index contributed by atoms with van der Waals surface area (Å²) in [6.45, 7) is 9.05. The van der Waals surface area contributed by atoms with E-state index in [-0.39, 0.29) is 0 Å². The molecule has 88 valence electrons. The van der Waals surface area contributed by atoms with Gasteiger partial charge < -0.3 is 10.2 Å². The predicted octanol–water partition coefficient (Wildman–Crippen LogP) is 2.49. The highest BCUT2D eigenvalue weighted by Crippen LogP contribution is 2.22. The smallest absolute Gasteiger partial charge is 0.0398 e. The molecule has 0 aromatic heterocycles. The fourth-order valence-electron chi connectivity index (χ4n) is 2.33. The van der Waals surface area contributed by atoms with Crippen molar-refractivity contribution in [3.63, 3.8) is 0 Å². The summed E-state index contributed by atoms with van der Waals surface area (Å²) in [6, 6.07) is 6.76. The third kappa shape index (κ3) is 2.76. The van der Waals surface area contributed by atoms with Crippen LogP contribution < -0.4 is 10.2 Å². The van der Waals surface area contributed by atoms with Crippen molar-refractivity contribution in [2.24, 2.45) is 0 Å².